The molecule has 0 saturated carbocycles. The lowest BCUT2D eigenvalue weighted by Gasteiger charge is -2.18. The van der Waals surface area contributed by atoms with E-state index in [-0.39, 0.29) is 5.82 Å². The average molecular weight is 436 g/mol. The molecule has 140 valence electrons. The van der Waals surface area contributed by atoms with Gasteiger partial charge in [-0.25, -0.2) is 4.39 Å². The van der Waals surface area contributed by atoms with E-state index in [1.807, 2.05) is 49.7 Å². The molecule has 1 aliphatic heterocycles. The molecule has 0 radical (unpaired) electrons. The molecule has 2 heterocycles. The predicted molar refractivity (Wildman–Crippen MR) is 117 cm³/mol. The molecule has 1 aliphatic rings. The number of benzene rings is 2. The second-order valence-corrected chi connectivity index (χ2v) is 7.57. The van der Waals surface area contributed by atoms with Gasteiger partial charge < -0.3 is 4.90 Å². The number of allylic oxidation sites excluding steroid dienone is 1. The summed E-state index contributed by atoms with van der Waals surface area (Å²) in [6, 6.07) is 15.0. The molecule has 0 unspecified atom stereocenters. The van der Waals surface area contributed by atoms with E-state index in [9.17, 15) is 4.39 Å². The highest BCUT2D eigenvalue weighted by Gasteiger charge is 2.15. The highest BCUT2D eigenvalue weighted by Crippen LogP contribution is 2.28. The third-order valence-corrected chi connectivity index (χ3v) is 5.26. The molecule has 28 heavy (non-hydrogen) atoms. The summed E-state index contributed by atoms with van der Waals surface area (Å²) in [7, 11) is 2.01. The topological polar surface area (TPSA) is 28.5 Å². The number of hydrogen-bond donors (Lipinski definition) is 0. The minimum Gasteiger partial charge on any atom is -0.372 e. The minimum atomic E-state index is -0.258. The fraction of sp³-hybridized carbons (Fsp3) is 0.130. The molecule has 0 amide bonds. The summed E-state index contributed by atoms with van der Waals surface area (Å²) in [5.74, 6) is -0.258. The predicted octanol–water partition coefficient (Wildman–Crippen LogP) is 5.60. The molecule has 0 bridgehead atoms. The summed E-state index contributed by atoms with van der Waals surface area (Å²) in [5, 5.41) is 0. The maximum absolute atomic E-state index is 13.9. The van der Waals surface area contributed by atoms with Crippen molar-refractivity contribution < 1.29 is 4.39 Å². The molecule has 4 rings (SSSR count). The molecular formula is C23H19BrFN3. The van der Waals surface area contributed by atoms with Crippen LogP contribution >= 0.6 is 15.9 Å². The Morgan fingerprint density at radius 3 is 2.82 bits per heavy atom. The van der Waals surface area contributed by atoms with E-state index in [1.165, 1.54) is 6.07 Å². The van der Waals surface area contributed by atoms with Crippen LogP contribution in [0.5, 0.6) is 0 Å². The van der Waals surface area contributed by atoms with Crippen molar-refractivity contribution in [1.82, 2.24) is 4.98 Å². The van der Waals surface area contributed by atoms with Crippen molar-refractivity contribution in [3.05, 3.63) is 88.4 Å². The van der Waals surface area contributed by atoms with Crippen LogP contribution in [0.1, 0.15) is 11.1 Å². The van der Waals surface area contributed by atoms with Gasteiger partial charge in [-0.1, -0.05) is 34.1 Å². The number of nitrogens with zero attached hydrogens (tertiary/aromatic N) is 3. The summed E-state index contributed by atoms with van der Waals surface area (Å²) < 4.78 is 14.9. The van der Waals surface area contributed by atoms with Crippen LogP contribution < -0.4 is 4.90 Å². The monoisotopic (exact) mass is 435 g/mol. The lowest BCUT2D eigenvalue weighted by atomic mass is 10.00. The second kappa shape index (κ2) is 8.07. The molecule has 2 aromatic carbocycles. The van der Waals surface area contributed by atoms with E-state index < -0.39 is 0 Å². The molecule has 5 heteroatoms. The van der Waals surface area contributed by atoms with Gasteiger partial charge in [0.1, 0.15) is 5.82 Å². The van der Waals surface area contributed by atoms with Crippen LogP contribution in [-0.4, -0.2) is 30.8 Å². The molecule has 0 N–H and O–H groups in total. The first kappa shape index (κ1) is 18.6. The quantitative estimate of drug-likeness (QED) is 0.535. The first-order valence-electron chi connectivity index (χ1n) is 9.05. The Kier molecular flexibility index (Phi) is 5.35. The maximum atomic E-state index is 13.9. The zero-order valence-electron chi connectivity index (χ0n) is 15.4. The first-order chi connectivity index (χ1) is 13.6. The number of halogens is 2. The van der Waals surface area contributed by atoms with Gasteiger partial charge in [0.15, 0.2) is 0 Å². The van der Waals surface area contributed by atoms with Crippen LogP contribution in [0.4, 0.5) is 10.1 Å². The second-order valence-electron chi connectivity index (χ2n) is 6.66. The lowest BCUT2D eigenvalue weighted by Crippen LogP contribution is -2.20. The number of hydrogen-bond acceptors (Lipinski definition) is 3. The Balaban J connectivity index is 1.74. The number of pyridine rings is 1. The van der Waals surface area contributed by atoms with Crippen molar-refractivity contribution in [3.63, 3.8) is 0 Å². The van der Waals surface area contributed by atoms with E-state index in [4.69, 9.17) is 0 Å². The number of aliphatic imine (C=N–C) groups is 1. The molecule has 0 atom stereocenters. The lowest BCUT2D eigenvalue weighted by molar-refractivity contribution is 0.627. The molecule has 1 aromatic heterocycles. The van der Waals surface area contributed by atoms with Gasteiger partial charge in [-0.05, 0) is 53.6 Å². The van der Waals surface area contributed by atoms with E-state index in [2.05, 4.69) is 42.9 Å². The first-order valence-corrected chi connectivity index (χ1v) is 9.85. The number of likely N-dealkylation sites (N-methyl/N-ethyl adjacent to an activating group) is 1. The van der Waals surface area contributed by atoms with Crippen LogP contribution in [-0.2, 0) is 0 Å². The van der Waals surface area contributed by atoms with Crippen molar-refractivity contribution in [2.75, 3.05) is 25.0 Å². The zero-order chi connectivity index (χ0) is 19.5. The van der Waals surface area contributed by atoms with Crippen molar-refractivity contribution in [2.24, 2.45) is 4.99 Å². The molecule has 0 spiro atoms. The number of rotatable bonds is 3. The Morgan fingerprint density at radius 2 is 1.96 bits per heavy atom. The zero-order valence-corrected chi connectivity index (χ0v) is 17.0. The fourth-order valence-corrected chi connectivity index (χ4v) is 3.74. The van der Waals surface area contributed by atoms with E-state index >= 15 is 0 Å². The van der Waals surface area contributed by atoms with Crippen molar-refractivity contribution in [2.45, 2.75) is 0 Å². The smallest absolute Gasteiger partial charge is 0.124 e. The van der Waals surface area contributed by atoms with Crippen LogP contribution in [0.25, 0.3) is 17.2 Å². The Hall–Kier alpha value is -2.79. The summed E-state index contributed by atoms with van der Waals surface area (Å²) in [4.78, 5) is 11.1. The highest BCUT2D eigenvalue weighted by molar-refractivity contribution is 9.10. The van der Waals surface area contributed by atoms with Crippen molar-refractivity contribution >= 4 is 33.4 Å². The van der Waals surface area contributed by atoms with Gasteiger partial charge in [0.05, 0.1) is 12.3 Å². The summed E-state index contributed by atoms with van der Waals surface area (Å²) in [6.07, 6.45) is 7.58. The number of benzodiazepines with no additional fused rings is 1. The van der Waals surface area contributed by atoms with Crippen LogP contribution in [0, 0.1) is 5.82 Å². The average Bonchev–Trinajstić information content (AvgIpc) is 2.85. The standard InChI is InChI=1S/C23H19BrFN3/c1-28-12-11-27-22(21-14-19(25)6-8-23(21)28)7-5-17-15-26-10-9-20(17)16-3-2-4-18(24)13-16/h2-10,13-15H,11-12H2,1H3. The number of anilines is 1. The third kappa shape index (κ3) is 3.90. The third-order valence-electron chi connectivity index (χ3n) is 4.77. The van der Waals surface area contributed by atoms with Gasteiger partial charge in [-0.15, -0.1) is 0 Å². The van der Waals surface area contributed by atoms with Crippen LogP contribution in [0.3, 0.4) is 0 Å². The molecule has 0 aliphatic carbocycles. The van der Waals surface area contributed by atoms with Crippen molar-refractivity contribution in [3.8, 4) is 11.1 Å². The Bertz CT molecular complexity index is 1070. The summed E-state index contributed by atoms with van der Waals surface area (Å²) in [6.45, 7) is 1.46. The van der Waals surface area contributed by atoms with Gasteiger partial charge in [0.2, 0.25) is 0 Å². The highest BCUT2D eigenvalue weighted by atomic mass is 79.9. The van der Waals surface area contributed by atoms with Gasteiger partial charge >= 0.3 is 0 Å². The number of fused-ring (bicyclic) bond motifs is 1. The van der Waals surface area contributed by atoms with E-state index in [0.29, 0.717) is 6.54 Å². The van der Waals surface area contributed by atoms with E-state index in [1.54, 1.807) is 12.3 Å². The Morgan fingerprint density at radius 1 is 1.07 bits per heavy atom. The maximum Gasteiger partial charge on any atom is 0.124 e. The summed E-state index contributed by atoms with van der Waals surface area (Å²) >= 11 is 3.53. The van der Waals surface area contributed by atoms with Gasteiger partial charge in [-0.3, -0.25) is 9.98 Å². The van der Waals surface area contributed by atoms with Crippen LogP contribution in [0.15, 0.2) is 76.5 Å². The van der Waals surface area contributed by atoms with Gasteiger partial charge in [-0.2, -0.15) is 0 Å². The van der Waals surface area contributed by atoms with Gasteiger partial charge in [0, 0.05) is 47.3 Å². The fourth-order valence-electron chi connectivity index (χ4n) is 3.34. The minimum absolute atomic E-state index is 0.258. The molecule has 0 fully saturated rings. The summed E-state index contributed by atoms with van der Waals surface area (Å²) in [5.41, 5.74) is 5.75. The van der Waals surface area contributed by atoms with Gasteiger partial charge in [0.25, 0.3) is 0 Å². The molecule has 0 saturated heterocycles. The Labute approximate surface area is 172 Å². The van der Waals surface area contributed by atoms with Crippen LogP contribution in [0.2, 0.25) is 0 Å². The SMILES string of the molecule is CN1CCN=C(C=Cc2cnccc2-c2cccc(Br)c2)c2cc(F)ccc21. The largest absolute Gasteiger partial charge is 0.372 e. The van der Waals surface area contributed by atoms with Crippen molar-refractivity contribution in [1.29, 1.82) is 0 Å². The molecule has 3 aromatic rings. The molecule has 3 nitrogen and oxygen atoms in total. The normalized spacial score (nSPS) is 14.0. The molecular weight excluding hydrogens is 417 g/mol. The number of aromatic nitrogens is 1. The van der Waals surface area contributed by atoms with E-state index in [0.717, 1.165) is 44.7 Å².